The van der Waals surface area contributed by atoms with E-state index in [1.54, 1.807) is 19.1 Å². The summed E-state index contributed by atoms with van der Waals surface area (Å²) < 4.78 is 5.42. The molecule has 1 aliphatic rings. The van der Waals surface area contributed by atoms with Gasteiger partial charge in [-0.15, -0.1) is 0 Å². The van der Waals surface area contributed by atoms with Crippen LogP contribution in [0.1, 0.15) is 56.3 Å². The molecule has 1 heterocycles. The highest BCUT2D eigenvalue weighted by molar-refractivity contribution is 6.04. The van der Waals surface area contributed by atoms with Crippen LogP contribution in [0.5, 0.6) is 5.75 Å². The van der Waals surface area contributed by atoms with E-state index in [1.165, 1.54) is 18.1 Å². The van der Waals surface area contributed by atoms with Gasteiger partial charge in [-0.25, -0.2) is 4.79 Å². The second-order valence-electron chi connectivity index (χ2n) is 9.30. The minimum Gasteiger partial charge on any atom is -0.494 e. The van der Waals surface area contributed by atoms with E-state index in [1.807, 2.05) is 6.92 Å². The first-order chi connectivity index (χ1) is 18.0. The van der Waals surface area contributed by atoms with E-state index >= 15 is 0 Å². The molecule has 210 valence electrons. The maximum absolute atomic E-state index is 13.2. The number of amides is 3. The zero-order valence-corrected chi connectivity index (χ0v) is 22.1. The zero-order chi connectivity index (χ0) is 28.4. The van der Waals surface area contributed by atoms with Crippen LogP contribution in [-0.4, -0.2) is 78.0 Å². The number of para-hydroxylation sites is 1. The monoisotopic (exact) mass is 533 g/mol. The van der Waals surface area contributed by atoms with Crippen molar-refractivity contribution in [1.29, 1.82) is 0 Å². The summed E-state index contributed by atoms with van der Waals surface area (Å²) in [6, 6.07) is 1.97. The molecule has 2 rings (SSSR count). The molecule has 13 nitrogen and oxygen atoms in total. The van der Waals surface area contributed by atoms with E-state index < -0.39 is 35.9 Å². The van der Waals surface area contributed by atoms with Crippen LogP contribution in [0.4, 0.5) is 5.69 Å². The predicted molar refractivity (Wildman–Crippen MR) is 143 cm³/mol. The number of nitrogens with zero attached hydrogens (tertiary/aromatic N) is 2. The van der Waals surface area contributed by atoms with Gasteiger partial charge >= 0.3 is 5.97 Å². The Balaban J connectivity index is 2.15. The number of carbonyl (C=O) groups excluding carboxylic acids is 3. The maximum Gasteiger partial charge on any atom is 0.326 e. The van der Waals surface area contributed by atoms with E-state index in [9.17, 15) is 24.3 Å². The standard InChI is InChI=1S/C25H39N7O6/c1-4-14(2)19(24(36)37)31-21(33)15-8-5-10-17(20(15)38-3)30-22(34)18-11-7-13-32(18)23(35)16(26)9-6-12-29-25(27)28/h5,8,10,14,16,18-19H,4,6-7,9,11-13,26H2,1-3H3,(H,30,34)(H,31,33)(H,36,37)(H4,27,28,29)/t14-,16-,18-,19-/m0/s1. The van der Waals surface area contributed by atoms with Crippen LogP contribution in [0.2, 0.25) is 0 Å². The number of benzene rings is 1. The first kappa shape index (κ1) is 30.4. The first-order valence-electron chi connectivity index (χ1n) is 12.6. The molecule has 0 bridgehead atoms. The molecule has 38 heavy (non-hydrogen) atoms. The van der Waals surface area contributed by atoms with Gasteiger partial charge in [0.15, 0.2) is 11.7 Å². The fourth-order valence-corrected chi connectivity index (χ4v) is 4.31. The molecular formula is C25H39N7O6. The Bertz CT molecular complexity index is 1040. The fourth-order valence-electron chi connectivity index (χ4n) is 4.31. The molecule has 13 heteroatoms. The van der Waals surface area contributed by atoms with Crippen LogP contribution in [-0.2, 0) is 14.4 Å². The number of ether oxygens (including phenoxy) is 1. The van der Waals surface area contributed by atoms with Gasteiger partial charge in [0.1, 0.15) is 12.1 Å². The Hall–Kier alpha value is -3.87. The van der Waals surface area contributed by atoms with E-state index in [-0.39, 0.29) is 34.8 Å². The summed E-state index contributed by atoms with van der Waals surface area (Å²) in [5.74, 6) is -2.81. The fraction of sp³-hybridized carbons (Fsp3) is 0.560. The lowest BCUT2D eigenvalue weighted by atomic mass is 9.98. The van der Waals surface area contributed by atoms with Gasteiger partial charge in [0.2, 0.25) is 11.8 Å². The number of carboxylic acid groups (broad SMARTS) is 1. The normalized spacial score (nSPS) is 17.2. The number of carbonyl (C=O) groups is 4. The third-order valence-corrected chi connectivity index (χ3v) is 6.61. The molecule has 1 fully saturated rings. The Kier molecular flexibility index (Phi) is 11.3. The van der Waals surface area contributed by atoms with Crippen LogP contribution in [0.25, 0.3) is 0 Å². The largest absolute Gasteiger partial charge is 0.494 e. The molecule has 3 amide bonds. The number of aliphatic imine (C=N–C) groups is 1. The van der Waals surface area contributed by atoms with Crippen molar-refractivity contribution in [2.45, 2.75) is 64.1 Å². The molecule has 0 aromatic heterocycles. The molecule has 1 aliphatic heterocycles. The quantitative estimate of drug-likeness (QED) is 0.116. The molecular weight excluding hydrogens is 494 g/mol. The first-order valence-corrected chi connectivity index (χ1v) is 12.6. The molecule has 9 N–H and O–H groups in total. The summed E-state index contributed by atoms with van der Waals surface area (Å²) >= 11 is 0. The Morgan fingerprint density at radius 2 is 1.97 bits per heavy atom. The number of hydrogen-bond donors (Lipinski definition) is 6. The smallest absolute Gasteiger partial charge is 0.326 e. The summed E-state index contributed by atoms with van der Waals surface area (Å²) in [6.45, 7) is 4.31. The van der Waals surface area contributed by atoms with Crippen molar-refractivity contribution < 1.29 is 29.0 Å². The number of likely N-dealkylation sites (tertiary alicyclic amines) is 1. The van der Waals surface area contributed by atoms with Gasteiger partial charge in [0.05, 0.1) is 24.4 Å². The Morgan fingerprint density at radius 1 is 1.26 bits per heavy atom. The number of anilines is 1. The summed E-state index contributed by atoms with van der Waals surface area (Å²) in [7, 11) is 1.35. The van der Waals surface area contributed by atoms with E-state index in [2.05, 4.69) is 15.6 Å². The minimum atomic E-state index is -1.14. The van der Waals surface area contributed by atoms with Gasteiger partial charge in [-0.1, -0.05) is 26.3 Å². The SMILES string of the molecule is CC[C@H](C)[C@H](NC(=O)c1cccc(NC(=O)[C@@H]2CCCN2C(=O)[C@@H](N)CCCN=C(N)N)c1OC)C(=O)O. The number of hydrogen-bond acceptors (Lipinski definition) is 7. The van der Waals surface area contributed by atoms with Crippen molar-refractivity contribution in [3.63, 3.8) is 0 Å². The van der Waals surface area contributed by atoms with E-state index in [0.29, 0.717) is 45.2 Å². The second kappa shape index (κ2) is 14.2. The number of nitrogens with one attached hydrogen (secondary N) is 2. The Morgan fingerprint density at radius 3 is 2.58 bits per heavy atom. The van der Waals surface area contributed by atoms with E-state index in [4.69, 9.17) is 21.9 Å². The highest BCUT2D eigenvalue weighted by Gasteiger charge is 2.36. The van der Waals surface area contributed by atoms with Crippen molar-refractivity contribution in [3.05, 3.63) is 23.8 Å². The summed E-state index contributed by atoms with van der Waals surface area (Å²) in [5, 5.41) is 14.8. The van der Waals surface area contributed by atoms with Crippen molar-refractivity contribution in [2.75, 3.05) is 25.5 Å². The number of aliphatic carboxylic acids is 1. The predicted octanol–water partition coefficient (Wildman–Crippen LogP) is 0.235. The number of carboxylic acids is 1. The Labute approximate surface area is 222 Å². The summed E-state index contributed by atoms with van der Waals surface area (Å²) in [4.78, 5) is 56.1. The van der Waals surface area contributed by atoms with Gasteiger partial charge in [-0.2, -0.15) is 0 Å². The third-order valence-electron chi connectivity index (χ3n) is 6.61. The summed E-state index contributed by atoms with van der Waals surface area (Å²) in [6.07, 6.45) is 2.52. The third kappa shape index (κ3) is 7.81. The van der Waals surface area contributed by atoms with Gasteiger partial charge in [-0.3, -0.25) is 19.4 Å². The topological polar surface area (TPSA) is 215 Å². The average Bonchev–Trinajstić information content (AvgIpc) is 3.38. The number of methoxy groups -OCH3 is 1. The molecule has 0 aliphatic carbocycles. The van der Waals surface area contributed by atoms with Crippen molar-refractivity contribution in [2.24, 2.45) is 28.1 Å². The molecule has 0 spiro atoms. The van der Waals surface area contributed by atoms with Crippen LogP contribution < -0.4 is 32.6 Å². The van der Waals surface area contributed by atoms with Crippen molar-refractivity contribution >= 4 is 35.3 Å². The number of guanidine groups is 1. The molecule has 1 aromatic carbocycles. The van der Waals surface area contributed by atoms with Crippen LogP contribution >= 0.6 is 0 Å². The van der Waals surface area contributed by atoms with Gasteiger partial charge in [0, 0.05) is 13.1 Å². The maximum atomic E-state index is 13.2. The molecule has 1 aromatic rings. The van der Waals surface area contributed by atoms with Crippen molar-refractivity contribution in [1.82, 2.24) is 10.2 Å². The molecule has 0 radical (unpaired) electrons. The lowest BCUT2D eigenvalue weighted by Crippen LogP contribution is -2.49. The van der Waals surface area contributed by atoms with Crippen LogP contribution in [0, 0.1) is 5.92 Å². The van der Waals surface area contributed by atoms with Crippen molar-refractivity contribution in [3.8, 4) is 5.75 Å². The van der Waals surface area contributed by atoms with E-state index in [0.717, 1.165) is 0 Å². The molecule has 1 saturated heterocycles. The molecule has 0 saturated carbocycles. The number of rotatable bonds is 13. The second-order valence-corrected chi connectivity index (χ2v) is 9.30. The lowest BCUT2D eigenvalue weighted by molar-refractivity contribution is -0.140. The van der Waals surface area contributed by atoms with Gasteiger partial charge < -0.3 is 42.6 Å². The van der Waals surface area contributed by atoms with Crippen LogP contribution in [0.15, 0.2) is 23.2 Å². The zero-order valence-electron chi connectivity index (χ0n) is 22.1. The lowest BCUT2D eigenvalue weighted by Gasteiger charge is -2.27. The number of nitrogens with two attached hydrogens (primary N) is 3. The molecule has 4 atom stereocenters. The highest BCUT2D eigenvalue weighted by atomic mass is 16.5. The summed E-state index contributed by atoms with van der Waals surface area (Å²) in [5.41, 5.74) is 17.0. The average molecular weight is 534 g/mol. The molecule has 0 unspecified atom stereocenters. The minimum absolute atomic E-state index is 0.0321. The van der Waals surface area contributed by atoms with Gasteiger partial charge in [-0.05, 0) is 43.7 Å². The van der Waals surface area contributed by atoms with Crippen LogP contribution in [0.3, 0.4) is 0 Å². The highest BCUT2D eigenvalue weighted by Crippen LogP contribution is 2.30. The van der Waals surface area contributed by atoms with Gasteiger partial charge in [0.25, 0.3) is 5.91 Å².